The maximum absolute atomic E-state index is 9.11. The summed E-state index contributed by atoms with van der Waals surface area (Å²) >= 11 is 0. The molecule has 2 heterocycles. The molecule has 0 saturated carbocycles. The van der Waals surface area contributed by atoms with Crippen molar-refractivity contribution >= 4 is 28.9 Å². The molecule has 0 unspecified atom stereocenters. The lowest BCUT2D eigenvalue weighted by Crippen LogP contribution is -2.30. The summed E-state index contributed by atoms with van der Waals surface area (Å²) in [5.74, 6) is 0. The molecule has 0 bridgehead atoms. The average Bonchev–Trinajstić information content (AvgIpc) is 3.10. The first kappa shape index (κ1) is 16.1. The van der Waals surface area contributed by atoms with Crippen LogP contribution in [0.1, 0.15) is 18.1 Å². The van der Waals surface area contributed by atoms with Gasteiger partial charge in [0.1, 0.15) is 12.1 Å². The molecule has 0 fully saturated rings. The third kappa shape index (κ3) is 3.28. The molecule has 2 aromatic heterocycles. The summed E-state index contributed by atoms with van der Waals surface area (Å²) < 4.78 is 7.04. The van der Waals surface area contributed by atoms with Gasteiger partial charge >= 0.3 is 0 Å². The third-order valence-electron chi connectivity index (χ3n) is 4.01. The number of hydrogen-bond acceptors (Lipinski definition) is 5. The second kappa shape index (κ2) is 7.23. The van der Waals surface area contributed by atoms with Gasteiger partial charge in [0.25, 0.3) is 0 Å². The molecule has 0 atom stereocenters. The first-order valence-corrected chi connectivity index (χ1v) is 7.97. The number of rotatable bonds is 6. The minimum Gasteiger partial charge on any atom is -0.395 e. The Bertz CT molecular complexity index is 840. The number of fused-ring (bicyclic) bond motifs is 1. The average molecular weight is 325 g/mol. The van der Waals surface area contributed by atoms with E-state index in [1.165, 1.54) is 0 Å². The first-order valence-electron chi connectivity index (χ1n) is 7.97. The van der Waals surface area contributed by atoms with Crippen LogP contribution in [0.15, 0.2) is 41.3 Å². The Hall–Kier alpha value is -2.73. The molecule has 6 heteroatoms. The van der Waals surface area contributed by atoms with Crippen LogP contribution in [-0.4, -0.2) is 35.6 Å². The quantitative estimate of drug-likeness (QED) is 0.703. The first-order chi connectivity index (χ1) is 11.7. The van der Waals surface area contributed by atoms with Crippen molar-refractivity contribution in [2.75, 3.05) is 25.1 Å². The highest BCUT2D eigenvalue weighted by Gasteiger charge is 2.13. The fourth-order valence-corrected chi connectivity index (χ4v) is 2.56. The third-order valence-corrected chi connectivity index (χ3v) is 4.01. The second-order valence-corrected chi connectivity index (χ2v) is 5.58. The zero-order chi connectivity index (χ0) is 16.9. The molecule has 0 saturated heterocycles. The highest BCUT2D eigenvalue weighted by Crippen LogP contribution is 2.27. The molecule has 1 aromatic carbocycles. The Morgan fingerprint density at radius 1 is 1.12 bits per heavy atom. The molecular formula is C18H21N4O2+. The van der Waals surface area contributed by atoms with Gasteiger partial charge in [0.2, 0.25) is 0 Å². The van der Waals surface area contributed by atoms with E-state index in [2.05, 4.69) is 46.3 Å². The van der Waals surface area contributed by atoms with E-state index in [-0.39, 0.29) is 6.61 Å². The Kier molecular flexibility index (Phi) is 4.86. The minimum atomic E-state index is 0.0801. The highest BCUT2D eigenvalue weighted by atomic mass is 16.6. The smallest absolute Gasteiger partial charge is 0.169 e. The van der Waals surface area contributed by atoms with Crippen molar-refractivity contribution in [3.63, 3.8) is 0 Å². The molecule has 0 amide bonds. The molecule has 0 aliphatic carbocycles. The maximum Gasteiger partial charge on any atom is 0.169 e. The number of likely N-dealkylation sites (N-methyl/N-ethyl adjacent to an activating group) is 1. The van der Waals surface area contributed by atoms with E-state index in [4.69, 9.17) is 9.74 Å². The summed E-state index contributed by atoms with van der Waals surface area (Å²) in [5.41, 5.74) is 4.37. The van der Waals surface area contributed by atoms with Gasteiger partial charge in [-0.05, 0) is 28.9 Å². The number of benzene rings is 1. The summed E-state index contributed by atoms with van der Waals surface area (Å²) in [6.07, 6.45) is 8.16. The van der Waals surface area contributed by atoms with Gasteiger partial charge in [-0.2, -0.15) is 0 Å². The number of anilines is 1. The lowest BCUT2D eigenvalue weighted by Gasteiger charge is -2.17. The molecule has 3 rings (SSSR count). The van der Waals surface area contributed by atoms with Gasteiger partial charge < -0.3 is 10.0 Å². The van der Waals surface area contributed by atoms with E-state index < -0.39 is 0 Å². The highest BCUT2D eigenvalue weighted by molar-refractivity contribution is 5.95. The van der Waals surface area contributed by atoms with Crippen molar-refractivity contribution in [2.45, 2.75) is 13.5 Å². The van der Waals surface area contributed by atoms with E-state index >= 15 is 0 Å². The maximum atomic E-state index is 9.11. The van der Waals surface area contributed by atoms with Crippen LogP contribution >= 0.6 is 0 Å². The van der Waals surface area contributed by atoms with Crippen LogP contribution < -0.4 is 9.47 Å². The van der Waals surface area contributed by atoms with E-state index in [1.54, 1.807) is 0 Å². The largest absolute Gasteiger partial charge is 0.395 e. The number of aliphatic hydroxyl groups excluding tert-OH is 1. The van der Waals surface area contributed by atoms with Gasteiger partial charge in [-0.25, -0.2) is 9.20 Å². The molecule has 0 aliphatic heterocycles. The van der Waals surface area contributed by atoms with Crippen LogP contribution in [0.3, 0.4) is 0 Å². The molecule has 3 aromatic rings. The van der Waals surface area contributed by atoms with Crippen LogP contribution in [-0.2, 0) is 6.54 Å². The van der Waals surface area contributed by atoms with Gasteiger partial charge in [0.05, 0.1) is 12.3 Å². The van der Waals surface area contributed by atoms with E-state index in [9.17, 15) is 0 Å². The summed E-state index contributed by atoms with van der Waals surface area (Å²) in [4.78, 5) is 1.93. The lowest BCUT2D eigenvalue weighted by molar-refractivity contribution is -0.693. The molecule has 1 N–H and O–H groups in total. The predicted molar refractivity (Wildman–Crippen MR) is 93.4 cm³/mol. The summed E-state index contributed by atoms with van der Waals surface area (Å²) in [7, 11) is 1.90. The number of hydrogen-bond donors (Lipinski definition) is 1. The van der Waals surface area contributed by atoms with Crippen molar-refractivity contribution < 1.29 is 14.3 Å². The molecule has 0 radical (unpaired) electrons. The Balaban J connectivity index is 1.91. The van der Waals surface area contributed by atoms with Crippen molar-refractivity contribution in [2.24, 2.45) is 0 Å². The van der Waals surface area contributed by atoms with Crippen molar-refractivity contribution in [1.29, 1.82) is 0 Å². The SMILES string of the molecule is CC[n+]1ccc(/C=C/c2ccc(N(C)CCO)c3nonc23)cc1. The molecule has 24 heavy (non-hydrogen) atoms. The summed E-state index contributed by atoms with van der Waals surface area (Å²) in [6.45, 7) is 3.67. The van der Waals surface area contributed by atoms with Crippen molar-refractivity contribution in [3.05, 3.63) is 47.8 Å². The number of aryl methyl sites for hydroxylation is 1. The monoisotopic (exact) mass is 325 g/mol. The number of nitrogens with zero attached hydrogens (tertiary/aromatic N) is 4. The van der Waals surface area contributed by atoms with Gasteiger partial charge in [-0.3, -0.25) is 0 Å². The van der Waals surface area contributed by atoms with Crippen molar-refractivity contribution in [3.8, 4) is 0 Å². The summed E-state index contributed by atoms with van der Waals surface area (Å²) in [6, 6.07) is 8.10. The van der Waals surface area contributed by atoms with Gasteiger partial charge in [0.15, 0.2) is 17.9 Å². The van der Waals surface area contributed by atoms with E-state index in [0.29, 0.717) is 17.6 Å². The Labute approximate surface area is 140 Å². The zero-order valence-electron chi connectivity index (χ0n) is 13.9. The summed E-state index contributed by atoms with van der Waals surface area (Å²) in [5, 5.41) is 17.2. The minimum absolute atomic E-state index is 0.0801. The van der Waals surface area contributed by atoms with Gasteiger partial charge in [-0.1, -0.05) is 18.2 Å². The standard InChI is InChI=1S/C18H21N4O2/c1-3-22-10-8-14(9-11-22)4-5-15-6-7-16(21(2)12-13-23)18-17(15)19-24-20-18/h4-11,23H,3,12-13H2,1-2H3/q+1. The van der Waals surface area contributed by atoms with Gasteiger partial charge in [0, 0.05) is 31.3 Å². The van der Waals surface area contributed by atoms with Crippen LogP contribution in [0.5, 0.6) is 0 Å². The topological polar surface area (TPSA) is 66.3 Å². The predicted octanol–water partition coefficient (Wildman–Crippen LogP) is 2.13. The van der Waals surface area contributed by atoms with Gasteiger partial charge in [-0.15, -0.1) is 0 Å². The number of pyridine rings is 1. The molecule has 0 aliphatic rings. The number of aliphatic hydroxyl groups is 1. The fraction of sp³-hybridized carbons (Fsp3) is 0.278. The van der Waals surface area contributed by atoms with Crippen LogP contribution in [0, 0.1) is 0 Å². The molecular weight excluding hydrogens is 304 g/mol. The Morgan fingerprint density at radius 2 is 1.88 bits per heavy atom. The normalized spacial score (nSPS) is 11.5. The fourth-order valence-electron chi connectivity index (χ4n) is 2.56. The van der Waals surface area contributed by atoms with E-state index in [0.717, 1.165) is 23.4 Å². The van der Waals surface area contributed by atoms with Crippen LogP contribution in [0.4, 0.5) is 5.69 Å². The molecule has 6 nitrogen and oxygen atoms in total. The zero-order valence-corrected chi connectivity index (χ0v) is 13.9. The van der Waals surface area contributed by atoms with E-state index in [1.807, 2.05) is 36.2 Å². The Morgan fingerprint density at radius 3 is 2.58 bits per heavy atom. The van der Waals surface area contributed by atoms with Crippen molar-refractivity contribution in [1.82, 2.24) is 10.3 Å². The number of aromatic nitrogens is 3. The molecule has 124 valence electrons. The van der Waals surface area contributed by atoms with Crippen LogP contribution in [0.2, 0.25) is 0 Å². The second-order valence-electron chi connectivity index (χ2n) is 5.58. The van der Waals surface area contributed by atoms with Crippen LogP contribution in [0.25, 0.3) is 23.2 Å². The lowest BCUT2D eigenvalue weighted by atomic mass is 10.1. The molecule has 0 spiro atoms.